The van der Waals surface area contributed by atoms with Crippen LogP contribution in [0.1, 0.15) is 34.1 Å². The van der Waals surface area contributed by atoms with Crippen molar-refractivity contribution in [3.8, 4) is 0 Å². The molecule has 0 unspecified atom stereocenters. The van der Waals surface area contributed by atoms with E-state index in [9.17, 15) is 0 Å². The van der Waals surface area contributed by atoms with E-state index in [-0.39, 0.29) is 0 Å². The molecular formula is C10H21N. The molecule has 0 bridgehead atoms. The van der Waals surface area contributed by atoms with E-state index in [1.807, 2.05) is 33.2 Å². The van der Waals surface area contributed by atoms with Gasteiger partial charge in [0.05, 0.1) is 0 Å². The largest absolute Gasteiger partial charge is 0.394 e. The van der Waals surface area contributed by atoms with Gasteiger partial charge in [-0.25, -0.2) is 0 Å². The second-order valence-corrected chi connectivity index (χ2v) is 2.01. The molecule has 1 N–H and O–H groups in total. The Morgan fingerprint density at radius 2 is 1.91 bits per heavy atom. The lowest BCUT2D eigenvalue weighted by atomic mass is 10.2. The van der Waals surface area contributed by atoms with Crippen molar-refractivity contribution >= 4 is 0 Å². The van der Waals surface area contributed by atoms with Crippen LogP contribution in [0.3, 0.4) is 0 Å². The fourth-order valence-electron chi connectivity index (χ4n) is 0.426. The fourth-order valence-corrected chi connectivity index (χ4v) is 0.426. The van der Waals surface area contributed by atoms with Crippen molar-refractivity contribution in [1.29, 1.82) is 0 Å². The van der Waals surface area contributed by atoms with Crippen molar-refractivity contribution in [3.05, 3.63) is 23.9 Å². The average molecular weight is 155 g/mol. The summed E-state index contributed by atoms with van der Waals surface area (Å²) in [6.45, 7) is 8.28. The van der Waals surface area contributed by atoms with Crippen molar-refractivity contribution in [2.24, 2.45) is 0 Å². The van der Waals surface area contributed by atoms with Crippen LogP contribution in [-0.2, 0) is 0 Å². The lowest BCUT2D eigenvalue weighted by molar-refractivity contribution is 1.08. The molecule has 0 rings (SSSR count). The van der Waals surface area contributed by atoms with Gasteiger partial charge in [-0.2, -0.15) is 0 Å². The first-order valence-electron chi connectivity index (χ1n) is 4.30. The molecule has 0 aliphatic heterocycles. The molecule has 0 atom stereocenters. The van der Waals surface area contributed by atoms with Crippen molar-refractivity contribution in [1.82, 2.24) is 5.32 Å². The zero-order valence-corrected chi connectivity index (χ0v) is 8.44. The van der Waals surface area contributed by atoms with Gasteiger partial charge < -0.3 is 5.32 Å². The molecule has 0 heterocycles. The number of allylic oxidation sites excluding steroid dienone is 3. The van der Waals surface area contributed by atoms with Gasteiger partial charge in [0.1, 0.15) is 0 Å². The number of hydrogen-bond donors (Lipinski definition) is 1. The number of nitrogens with one attached hydrogen (secondary N) is 1. The van der Waals surface area contributed by atoms with Gasteiger partial charge in [-0.15, -0.1) is 0 Å². The second kappa shape index (κ2) is 12.0. The van der Waals surface area contributed by atoms with Gasteiger partial charge in [-0.05, 0) is 25.6 Å². The van der Waals surface area contributed by atoms with Crippen molar-refractivity contribution in [3.63, 3.8) is 0 Å². The van der Waals surface area contributed by atoms with Gasteiger partial charge in [0.15, 0.2) is 0 Å². The van der Waals surface area contributed by atoms with Gasteiger partial charge in [0, 0.05) is 7.05 Å². The van der Waals surface area contributed by atoms with Crippen LogP contribution in [0.4, 0.5) is 0 Å². The molecule has 0 aromatic rings. The lowest BCUT2D eigenvalue weighted by Crippen LogP contribution is -1.89. The summed E-state index contributed by atoms with van der Waals surface area (Å²) in [5.41, 5.74) is 1.40. The Morgan fingerprint density at radius 3 is 2.27 bits per heavy atom. The van der Waals surface area contributed by atoms with Crippen molar-refractivity contribution in [2.75, 3.05) is 7.05 Å². The Labute approximate surface area is 71.2 Å². The van der Waals surface area contributed by atoms with Crippen LogP contribution >= 0.6 is 0 Å². The number of hydrogen-bond acceptors (Lipinski definition) is 1. The third kappa shape index (κ3) is 12.5. The van der Waals surface area contributed by atoms with E-state index < -0.39 is 0 Å². The molecule has 1 heteroatoms. The Morgan fingerprint density at radius 1 is 1.36 bits per heavy atom. The molecule has 0 saturated carbocycles. The van der Waals surface area contributed by atoms with E-state index in [4.69, 9.17) is 0 Å². The summed E-state index contributed by atoms with van der Waals surface area (Å²) in [6.07, 6.45) is 7.17. The first-order valence-corrected chi connectivity index (χ1v) is 4.30. The minimum Gasteiger partial charge on any atom is -0.394 e. The van der Waals surface area contributed by atoms with E-state index in [0.29, 0.717) is 0 Å². The molecule has 11 heavy (non-hydrogen) atoms. The first-order chi connectivity index (χ1) is 5.31. The van der Waals surface area contributed by atoms with Crippen LogP contribution in [0.2, 0.25) is 0 Å². The van der Waals surface area contributed by atoms with E-state index in [1.54, 1.807) is 0 Å². The summed E-state index contributed by atoms with van der Waals surface area (Å²) in [5.74, 6) is 0. The second-order valence-electron chi connectivity index (χ2n) is 2.01. The maximum Gasteiger partial charge on any atom is 0.00277 e. The fraction of sp³-hybridized carbons (Fsp3) is 0.600. The predicted molar refractivity (Wildman–Crippen MR) is 53.6 cm³/mol. The lowest BCUT2D eigenvalue weighted by Gasteiger charge is -1.88. The quantitative estimate of drug-likeness (QED) is 0.617. The zero-order valence-electron chi connectivity index (χ0n) is 8.44. The molecule has 0 aliphatic carbocycles. The highest BCUT2D eigenvalue weighted by molar-refractivity contribution is 5.08. The smallest absolute Gasteiger partial charge is 0.00277 e. The average Bonchev–Trinajstić information content (AvgIpc) is 2.08. The monoisotopic (exact) mass is 155 g/mol. The molecule has 0 spiro atoms. The first kappa shape index (κ1) is 12.9. The molecule has 0 radical (unpaired) electrons. The normalized spacial score (nSPS) is 10.8. The van der Waals surface area contributed by atoms with Gasteiger partial charge in [-0.3, -0.25) is 0 Å². The minimum atomic E-state index is 1.13. The van der Waals surface area contributed by atoms with E-state index in [1.165, 1.54) is 5.57 Å². The molecule has 66 valence electrons. The van der Waals surface area contributed by atoms with Crippen LogP contribution in [0, 0.1) is 0 Å². The molecule has 1 nitrogen and oxygen atoms in total. The Kier molecular flexibility index (Phi) is 14.1. The maximum absolute atomic E-state index is 2.92. The Bertz CT molecular complexity index is 112. The topological polar surface area (TPSA) is 12.0 Å². The summed E-state index contributed by atoms with van der Waals surface area (Å²) >= 11 is 0. The summed E-state index contributed by atoms with van der Waals surface area (Å²) in [5, 5.41) is 2.92. The molecular weight excluding hydrogens is 134 g/mol. The summed E-state index contributed by atoms with van der Waals surface area (Å²) in [6, 6.07) is 0. The zero-order chi connectivity index (χ0) is 9.11. The van der Waals surface area contributed by atoms with Gasteiger partial charge in [-0.1, -0.05) is 32.4 Å². The minimum absolute atomic E-state index is 1.13. The molecule has 0 saturated heterocycles. The molecule has 0 aromatic heterocycles. The van der Waals surface area contributed by atoms with Crippen LogP contribution in [0.5, 0.6) is 0 Å². The van der Waals surface area contributed by atoms with Gasteiger partial charge in [0.2, 0.25) is 0 Å². The Balaban J connectivity index is 0. The molecule has 0 aliphatic rings. The van der Waals surface area contributed by atoms with E-state index >= 15 is 0 Å². The molecule has 0 aromatic carbocycles. The highest BCUT2D eigenvalue weighted by atomic mass is 14.8. The summed E-state index contributed by atoms with van der Waals surface area (Å²) in [4.78, 5) is 0. The summed E-state index contributed by atoms with van der Waals surface area (Å²) < 4.78 is 0. The van der Waals surface area contributed by atoms with E-state index in [2.05, 4.69) is 25.2 Å². The van der Waals surface area contributed by atoms with Gasteiger partial charge >= 0.3 is 0 Å². The molecule has 0 fully saturated rings. The number of rotatable bonds is 3. The van der Waals surface area contributed by atoms with Crippen LogP contribution in [-0.4, -0.2) is 7.05 Å². The van der Waals surface area contributed by atoms with Gasteiger partial charge in [0.25, 0.3) is 0 Å². The SMILES string of the molecule is CC.CCC(C)=C/C=C\NC. The highest BCUT2D eigenvalue weighted by Crippen LogP contribution is 1.96. The third-order valence-electron chi connectivity index (χ3n) is 1.20. The molecule has 0 amide bonds. The van der Waals surface area contributed by atoms with Crippen molar-refractivity contribution in [2.45, 2.75) is 34.1 Å². The van der Waals surface area contributed by atoms with Crippen molar-refractivity contribution < 1.29 is 0 Å². The van der Waals surface area contributed by atoms with E-state index in [0.717, 1.165) is 6.42 Å². The van der Waals surface area contributed by atoms with Crippen LogP contribution < -0.4 is 5.32 Å². The van der Waals surface area contributed by atoms with Crippen LogP contribution in [0.25, 0.3) is 0 Å². The predicted octanol–water partition coefficient (Wildman–Crippen LogP) is 3.10. The van der Waals surface area contributed by atoms with Crippen LogP contribution in [0.15, 0.2) is 23.9 Å². The maximum atomic E-state index is 2.92. The summed E-state index contributed by atoms with van der Waals surface area (Å²) in [7, 11) is 1.89. The highest BCUT2D eigenvalue weighted by Gasteiger charge is 1.76. The standard InChI is InChI=1S/C8H15N.C2H6/c1-4-8(2)6-5-7-9-3;1-2/h5-7,9H,4H2,1-3H3;1-2H3/b7-5-,8-6?;. The Hall–Kier alpha value is -0.720. The third-order valence-corrected chi connectivity index (χ3v) is 1.20.